The van der Waals surface area contributed by atoms with Gasteiger partial charge in [0, 0.05) is 20.1 Å². The molecule has 0 aliphatic carbocycles. The molecule has 0 aromatic carbocycles. The predicted octanol–water partition coefficient (Wildman–Crippen LogP) is 0.361. The maximum Gasteiger partial charge on any atom is 0.408 e. The molecule has 1 unspecified atom stereocenters. The lowest BCUT2D eigenvalue weighted by molar-refractivity contribution is -0.134. The molecule has 2 heterocycles. The summed E-state index contributed by atoms with van der Waals surface area (Å²) in [6, 6.07) is 0. The molecule has 2 aliphatic rings. The summed E-state index contributed by atoms with van der Waals surface area (Å²) in [6.45, 7) is 1.16. The number of amides is 2. The maximum absolute atomic E-state index is 11.9. The third-order valence-electron chi connectivity index (χ3n) is 3.33. The fraction of sp³-hybridized carbons (Fsp3) is 0.778. The standard InChI is InChI=1S/C9H14N2O3/c1-10-6-4-9(7(10)12)3-2-5-11(9)8(13)14/h2-6H2,1H3,(H,13,14). The summed E-state index contributed by atoms with van der Waals surface area (Å²) in [6.07, 6.45) is 1.16. The van der Waals surface area contributed by atoms with Crippen LogP contribution in [-0.4, -0.2) is 52.6 Å². The molecular weight excluding hydrogens is 184 g/mol. The summed E-state index contributed by atoms with van der Waals surface area (Å²) in [5.41, 5.74) is -0.722. The Bertz CT molecular complexity index is 292. The Labute approximate surface area is 82.3 Å². The average molecular weight is 198 g/mol. The molecule has 1 N–H and O–H groups in total. The van der Waals surface area contributed by atoms with E-state index >= 15 is 0 Å². The van der Waals surface area contributed by atoms with E-state index in [0.717, 1.165) is 6.42 Å². The highest BCUT2D eigenvalue weighted by Gasteiger charge is 2.54. The number of nitrogens with zero attached hydrogens (tertiary/aromatic N) is 2. The number of carbonyl (C=O) groups excluding carboxylic acids is 1. The molecule has 2 rings (SSSR count). The Morgan fingerprint density at radius 1 is 1.43 bits per heavy atom. The van der Waals surface area contributed by atoms with Crippen molar-refractivity contribution >= 4 is 12.0 Å². The molecule has 2 aliphatic heterocycles. The fourth-order valence-corrected chi connectivity index (χ4v) is 2.56. The molecule has 14 heavy (non-hydrogen) atoms. The van der Waals surface area contributed by atoms with Gasteiger partial charge in [-0.2, -0.15) is 0 Å². The first-order valence-electron chi connectivity index (χ1n) is 4.84. The van der Waals surface area contributed by atoms with E-state index in [2.05, 4.69) is 0 Å². The molecule has 2 amide bonds. The summed E-state index contributed by atoms with van der Waals surface area (Å²) in [7, 11) is 1.73. The Balaban J connectivity index is 2.31. The molecule has 0 saturated carbocycles. The van der Waals surface area contributed by atoms with Gasteiger partial charge in [-0.25, -0.2) is 4.79 Å². The number of rotatable bonds is 0. The Hall–Kier alpha value is -1.26. The zero-order valence-electron chi connectivity index (χ0n) is 8.19. The van der Waals surface area contributed by atoms with Gasteiger partial charge < -0.3 is 10.0 Å². The normalized spacial score (nSPS) is 31.9. The van der Waals surface area contributed by atoms with Gasteiger partial charge in [0.15, 0.2) is 0 Å². The molecule has 5 nitrogen and oxygen atoms in total. The summed E-state index contributed by atoms with van der Waals surface area (Å²) in [5.74, 6) is -0.0302. The molecular formula is C9H14N2O3. The lowest BCUT2D eigenvalue weighted by atomic mass is 9.94. The van der Waals surface area contributed by atoms with Crippen LogP contribution in [0.3, 0.4) is 0 Å². The number of carboxylic acid groups (broad SMARTS) is 1. The van der Waals surface area contributed by atoms with Gasteiger partial charge in [-0.3, -0.25) is 9.69 Å². The second-order valence-electron chi connectivity index (χ2n) is 4.05. The zero-order valence-corrected chi connectivity index (χ0v) is 8.19. The third-order valence-corrected chi connectivity index (χ3v) is 3.33. The van der Waals surface area contributed by atoms with Crippen LogP contribution in [0.4, 0.5) is 4.79 Å². The van der Waals surface area contributed by atoms with Gasteiger partial charge in [0.1, 0.15) is 5.54 Å². The van der Waals surface area contributed by atoms with Crippen LogP contribution >= 0.6 is 0 Å². The van der Waals surface area contributed by atoms with E-state index in [1.165, 1.54) is 4.90 Å². The highest BCUT2D eigenvalue weighted by atomic mass is 16.4. The van der Waals surface area contributed by atoms with Gasteiger partial charge in [0.2, 0.25) is 5.91 Å². The van der Waals surface area contributed by atoms with Crippen molar-refractivity contribution in [2.24, 2.45) is 0 Å². The minimum absolute atomic E-state index is 0.0302. The summed E-state index contributed by atoms with van der Waals surface area (Å²) >= 11 is 0. The molecule has 0 radical (unpaired) electrons. The van der Waals surface area contributed by atoms with Gasteiger partial charge >= 0.3 is 6.09 Å². The zero-order chi connectivity index (χ0) is 10.3. The second kappa shape index (κ2) is 2.87. The first kappa shape index (κ1) is 9.30. The Kier molecular flexibility index (Phi) is 1.90. The second-order valence-corrected chi connectivity index (χ2v) is 4.05. The number of carbonyl (C=O) groups is 2. The smallest absolute Gasteiger partial charge is 0.408 e. The van der Waals surface area contributed by atoms with Gasteiger partial charge in [-0.15, -0.1) is 0 Å². The van der Waals surface area contributed by atoms with Crippen LogP contribution in [0.1, 0.15) is 19.3 Å². The van der Waals surface area contributed by atoms with Crippen molar-refractivity contribution in [2.75, 3.05) is 20.1 Å². The molecule has 0 aromatic rings. The molecule has 78 valence electrons. The lowest BCUT2D eigenvalue weighted by Crippen LogP contribution is -2.51. The molecule has 1 spiro atoms. The number of likely N-dealkylation sites (tertiary alicyclic amines) is 2. The quantitative estimate of drug-likeness (QED) is 0.611. The van der Waals surface area contributed by atoms with Crippen LogP contribution in [0.15, 0.2) is 0 Å². The van der Waals surface area contributed by atoms with Crippen LogP contribution in [0.5, 0.6) is 0 Å². The van der Waals surface area contributed by atoms with E-state index in [9.17, 15) is 9.59 Å². The van der Waals surface area contributed by atoms with E-state index in [1.54, 1.807) is 11.9 Å². The number of hydrogen-bond acceptors (Lipinski definition) is 2. The average Bonchev–Trinajstić information content (AvgIpc) is 2.67. The van der Waals surface area contributed by atoms with E-state index in [1.807, 2.05) is 0 Å². The molecule has 5 heteroatoms. The molecule has 2 fully saturated rings. The van der Waals surface area contributed by atoms with Crippen molar-refractivity contribution in [3.63, 3.8) is 0 Å². The largest absolute Gasteiger partial charge is 0.465 e. The Morgan fingerprint density at radius 2 is 2.14 bits per heavy atom. The van der Waals surface area contributed by atoms with E-state index in [-0.39, 0.29) is 5.91 Å². The van der Waals surface area contributed by atoms with Gasteiger partial charge in [-0.05, 0) is 19.3 Å². The topological polar surface area (TPSA) is 60.9 Å². The van der Waals surface area contributed by atoms with Crippen molar-refractivity contribution in [3.8, 4) is 0 Å². The molecule has 0 bridgehead atoms. The highest BCUT2D eigenvalue weighted by Crippen LogP contribution is 2.37. The SMILES string of the molecule is CN1CCC2(CCCN2C(=O)O)C1=O. The summed E-state index contributed by atoms with van der Waals surface area (Å²) < 4.78 is 0. The predicted molar refractivity (Wildman–Crippen MR) is 48.9 cm³/mol. The van der Waals surface area contributed by atoms with Crippen LogP contribution in [0, 0.1) is 0 Å². The first-order chi connectivity index (χ1) is 6.58. The van der Waals surface area contributed by atoms with E-state index in [0.29, 0.717) is 25.9 Å². The van der Waals surface area contributed by atoms with E-state index in [4.69, 9.17) is 5.11 Å². The third kappa shape index (κ3) is 1.01. The van der Waals surface area contributed by atoms with Crippen molar-refractivity contribution in [1.29, 1.82) is 0 Å². The van der Waals surface area contributed by atoms with Gasteiger partial charge in [0.25, 0.3) is 0 Å². The summed E-state index contributed by atoms with van der Waals surface area (Å²) in [4.78, 5) is 25.8. The van der Waals surface area contributed by atoms with Crippen LogP contribution in [-0.2, 0) is 4.79 Å². The monoisotopic (exact) mass is 198 g/mol. The number of hydrogen-bond donors (Lipinski definition) is 1. The van der Waals surface area contributed by atoms with E-state index < -0.39 is 11.6 Å². The van der Waals surface area contributed by atoms with Crippen molar-refractivity contribution in [3.05, 3.63) is 0 Å². The van der Waals surface area contributed by atoms with Crippen LogP contribution < -0.4 is 0 Å². The van der Waals surface area contributed by atoms with Crippen LogP contribution in [0.2, 0.25) is 0 Å². The molecule has 0 aromatic heterocycles. The minimum Gasteiger partial charge on any atom is -0.465 e. The van der Waals surface area contributed by atoms with Crippen molar-refractivity contribution in [2.45, 2.75) is 24.8 Å². The van der Waals surface area contributed by atoms with Crippen LogP contribution in [0.25, 0.3) is 0 Å². The first-order valence-corrected chi connectivity index (χ1v) is 4.84. The molecule has 1 atom stereocenters. The molecule has 2 saturated heterocycles. The lowest BCUT2D eigenvalue weighted by Gasteiger charge is -2.30. The van der Waals surface area contributed by atoms with Gasteiger partial charge in [0.05, 0.1) is 0 Å². The van der Waals surface area contributed by atoms with Crippen molar-refractivity contribution in [1.82, 2.24) is 9.80 Å². The Morgan fingerprint density at radius 3 is 2.64 bits per heavy atom. The minimum atomic E-state index is -0.967. The van der Waals surface area contributed by atoms with Gasteiger partial charge in [-0.1, -0.05) is 0 Å². The summed E-state index contributed by atoms with van der Waals surface area (Å²) in [5, 5.41) is 9.00. The number of likely N-dealkylation sites (N-methyl/N-ethyl adjacent to an activating group) is 1. The van der Waals surface area contributed by atoms with Crippen molar-refractivity contribution < 1.29 is 14.7 Å². The highest BCUT2D eigenvalue weighted by molar-refractivity contribution is 5.92. The fourth-order valence-electron chi connectivity index (χ4n) is 2.56. The maximum atomic E-state index is 11.9.